The molecular formula is C16H22N4O4. The molecule has 2 aromatic heterocycles. The average Bonchev–Trinajstić information content (AvgIpc) is 2.90. The van der Waals surface area contributed by atoms with Gasteiger partial charge in [-0.05, 0) is 32.9 Å². The zero-order valence-electron chi connectivity index (χ0n) is 13.9. The van der Waals surface area contributed by atoms with Crippen molar-refractivity contribution in [3.63, 3.8) is 0 Å². The molecule has 2 rings (SSSR count). The lowest BCUT2D eigenvalue weighted by atomic mass is 10.1. The second kappa shape index (κ2) is 8.39. The number of fused-ring (bicyclic) bond motifs is 1. The van der Waals surface area contributed by atoms with E-state index in [0.29, 0.717) is 18.7 Å². The summed E-state index contributed by atoms with van der Waals surface area (Å²) in [5.41, 5.74) is 0.120. The lowest BCUT2D eigenvalue weighted by molar-refractivity contribution is -0.107. The number of hydrogen-bond acceptors (Lipinski definition) is 6. The number of nitrogens with one attached hydrogen (secondary N) is 2. The first-order valence-corrected chi connectivity index (χ1v) is 7.93. The van der Waals surface area contributed by atoms with Gasteiger partial charge in [-0.2, -0.15) is 0 Å². The Morgan fingerprint density at radius 3 is 2.83 bits per heavy atom. The van der Waals surface area contributed by atoms with Gasteiger partial charge in [-0.15, -0.1) is 0 Å². The average molecular weight is 334 g/mol. The van der Waals surface area contributed by atoms with E-state index in [9.17, 15) is 14.4 Å². The Morgan fingerprint density at radius 1 is 1.33 bits per heavy atom. The summed E-state index contributed by atoms with van der Waals surface area (Å²) in [6, 6.07) is 0. The van der Waals surface area contributed by atoms with Crippen molar-refractivity contribution in [3.8, 4) is 0 Å². The summed E-state index contributed by atoms with van der Waals surface area (Å²) in [6.07, 6.45) is 4.38. The van der Waals surface area contributed by atoms with Gasteiger partial charge in [-0.1, -0.05) is 0 Å². The molecule has 0 aromatic carbocycles. The van der Waals surface area contributed by atoms with Crippen LogP contribution in [0.1, 0.15) is 35.4 Å². The van der Waals surface area contributed by atoms with E-state index in [-0.39, 0.29) is 28.1 Å². The summed E-state index contributed by atoms with van der Waals surface area (Å²) >= 11 is 0. The molecule has 0 atom stereocenters. The van der Waals surface area contributed by atoms with Crippen LogP contribution >= 0.6 is 0 Å². The molecule has 8 heteroatoms. The predicted molar refractivity (Wildman–Crippen MR) is 89.1 cm³/mol. The van der Waals surface area contributed by atoms with Gasteiger partial charge in [-0.3, -0.25) is 9.59 Å². The SMILES string of the molecule is Cc1oc2ncn(C)c(=O)c2c1C(=O)NCCCNCCCC=O. The maximum Gasteiger partial charge on any atom is 0.265 e. The van der Waals surface area contributed by atoms with Crippen LogP contribution in [0, 0.1) is 6.92 Å². The number of furan rings is 1. The van der Waals surface area contributed by atoms with Gasteiger partial charge in [0.25, 0.3) is 11.5 Å². The number of aryl methyl sites for hydroxylation is 2. The van der Waals surface area contributed by atoms with Crippen LogP contribution in [0.5, 0.6) is 0 Å². The molecule has 2 aromatic rings. The number of aldehydes is 1. The third-order valence-corrected chi connectivity index (χ3v) is 3.67. The Morgan fingerprint density at radius 2 is 2.08 bits per heavy atom. The first-order chi connectivity index (χ1) is 11.6. The highest BCUT2D eigenvalue weighted by Gasteiger charge is 2.21. The first kappa shape index (κ1) is 17.9. The minimum absolute atomic E-state index is 0.178. The molecule has 0 saturated heterocycles. The predicted octanol–water partition coefficient (Wildman–Crippen LogP) is 0.524. The van der Waals surface area contributed by atoms with Crippen LogP contribution in [0.4, 0.5) is 0 Å². The number of nitrogens with zero attached hydrogens (tertiary/aromatic N) is 2. The monoisotopic (exact) mass is 334 g/mol. The van der Waals surface area contributed by atoms with E-state index in [1.807, 2.05) is 0 Å². The number of aromatic nitrogens is 2. The van der Waals surface area contributed by atoms with E-state index in [1.165, 1.54) is 10.9 Å². The third-order valence-electron chi connectivity index (χ3n) is 3.67. The number of amides is 1. The zero-order valence-corrected chi connectivity index (χ0v) is 13.9. The lowest BCUT2D eigenvalue weighted by Gasteiger charge is -2.06. The Labute approximate surface area is 139 Å². The molecule has 2 heterocycles. The fourth-order valence-corrected chi connectivity index (χ4v) is 2.40. The van der Waals surface area contributed by atoms with E-state index in [4.69, 9.17) is 4.42 Å². The molecule has 130 valence electrons. The van der Waals surface area contributed by atoms with Gasteiger partial charge < -0.3 is 24.4 Å². The molecule has 24 heavy (non-hydrogen) atoms. The summed E-state index contributed by atoms with van der Waals surface area (Å²) in [4.78, 5) is 38.8. The van der Waals surface area contributed by atoms with Crippen molar-refractivity contribution >= 4 is 23.3 Å². The standard InChI is InChI=1S/C16H22N4O4/c1-11-12(13-15(24-11)19-10-20(2)16(13)23)14(22)18-8-5-7-17-6-3-4-9-21/h9-10,17H,3-8H2,1-2H3,(H,18,22). The Hall–Kier alpha value is -2.48. The number of carbonyl (C=O) groups is 2. The number of carbonyl (C=O) groups excluding carboxylic acids is 2. The van der Waals surface area contributed by atoms with Gasteiger partial charge in [0, 0.05) is 20.0 Å². The largest absolute Gasteiger partial charge is 0.442 e. The van der Waals surface area contributed by atoms with Gasteiger partial charge in [0.1, 0.15) is 23.8 Å². The maximum atomic E-state index is 12.4. The van der Waals surface area contributed by atoms with Crippen LogP contribution in [0.2, 0.25) is 0 Å². The molecule has 8 nitrogen and oxygen atoms in total. The molecule has 2 N–H and O–H groups in total. The highest BCUT2D eigenvalue weighted by molar-refractivity contribution is 6.06. The van der Waals surface area contributed by atoms with Crippen molar-refractivity contribution < 1.29 is 14.0 Å². The fraction of sp³-hybridized carbons (Fsp3) is 0.500. The number of rotatable bonds is 9. The number of hydrogen-bond donors (Lipinski definition) is 2. The van der Waals surface area contributed by atoms with E-state index >= 15 is 0 Å². The quantitative estimate of drug-likeness (QED) is 0.512. The fourth-order valence-electron chi connectivity index (χ4n) is 2.40. The third kappa shape index (κ3) is 4.08. The van der Waals surface area contributed by atoms with Crippen molar-refractivity contribution in [1.29, 1.82) is 0 Å². The molecule has 1 amide bonds. The maximum absolute atomic E-state index is 12.4. The van der Waals surface area contributed by atoms with Crippen LogP contribution < -0.4 is 16.2 Å². The Balaban J connectivity index is 1.92. The minimum Gasteiger partial charge on any atom is -0.442 e. The van der Waals surface area contributed by atoms with E-state index in [2.05, 4.69) is 15.6 Å². The van der Waals surface area contributed by atoms with Crippen LogP contribution in [0.3, 0.4) is 0 Å². The molecule has 0 bridgehead atoms. The van der Waals surface area contributed by atoms with Gasteiger partial charge >= 0.3 is 0 Å². The Kier molecular flexibility index (Phi) is 6.25. The van der Waals surface area contributed by atoms with Crippen LogP contribution in [0.25, 0.3) is 11.1 Å². The zero-order chi connectivity index (χ0) is 17.5. The highest BCUT2D eigenvalue weighted by atomic mass is 16.3. The van der Waals surface area contributed by atoms with E-state index in [1.54, 1.807) is 14.0 Å². The van der Waals surface area contributed by atoms with Crippen molar-refractivity contribution in [2.24, 2.45) is 7.05 Å². The molecule has 0 fully saturated rings. The van der Waals surface area contributed by atoms with Gasteiger partial charge in [0.2, 0.25) is 5.71 Å². The molecule has 0 unspecified atom stereocenters. The van der Waals surface area contributed by atoms with Crippen molar-refractivity contribution in [1.82, 2.24) is 20.2 Å². The van der Waals surface area contributed by atoms with Crippen LogP contribution in [-0.2, 0) is 11.8 Å². The van der Waals surface area contributed by atoms with Crippen molar-refractivity contribution in [3.05, 3.63) is 28.0 Å². The van der Waals surface area contributed by atoms with Crippen molar-refractivity contribution in [2.45, 2.75) is 26.2 Å². The highest BCUT2D eigenvalue weighted by Crippen LogP contribution is 2.20. The molecular weight excluding hydrogens is 312 g/mol. The van der Waals surface area contributed by atoms with E-state index < -0.39 is 0 Å². The molecule has 0 saturated carbocycles. The van der Waals surface area contributed by atoms with E-state index in [0.717, 1.165) is 32.2 Å². The lowest BCUT2D eigenvalue weighted by Crippen LogP contribution is -2.29. The Bertz CT molecular complexity index is 778. The normalized spacial score (nSPS) is 10.9. The van der Waals surface area contributed by atoms with Crippen LogP contribution in [0.15, 0.2) is 15.5 Å². The molecule has 0 aliphatic heterocycles. The van der Waals surface area contributed by atoms with Crippen molar-refractivity contribution in [2.75, 3.05) is 19.6 Å². The second-order valence-corrected chi connectivity index (χ2v) is 5.54. The summed E-state index contributed by atoms with van der Waals surface area (Å²) in [7, 11) is 1.58. The van der Waals surface area contributed by atoms with Crippen LogP contribution in [-0.4, -0.2) is 41.4 Å². The molecule has 0 aliphatic rings. The smallest absolute Gasteiger partial charge is 0.265 e. The summed E-state index contributed by atoms with van der Waals surface area (Å²) in [6.45, 7) is 3.64. The summed E-state index contributed by atoms with van der Waals surface area (Å²) < 4.78 is 6.73. The molecule has 0 spiro atoms. The van der Waals surface area contributed by atoms with Gasteiger partial charge in [0.15, 0.2) is 0 Å². The van der Waals surface area contributed by atoms with Gasteiger partial charge in [-0.25, -0.2) is 4.98 Å². The number of unbranched alkanes of at least 4 members (excludes halogenated alkanes) is 1. The first-order valence-electron chi connectivity index (χ1n) is 7.93. The second-order valence-electron chi connectivity index (χ2n) is 5.54. The van der Waals surface area contributed by atoms with Gasteiger partial charge in [0.05, 0.1) is 5.56 Å². The summed E-state index contributed by atoms with van der Waals surface area (Å²) in [5, 5.41) is 6.20. The topological polar surface area (TPSA) is 106 Å². The minimum atomic E-state index is -0.336. The molecule has 0 radical (unpaired) electrons. The summed E-state index contributed by atoms with van der Waals surface area (Å²) in [5.74, 6) is 0.0441. The molecule has 0 aliphatic carbocycles.